The van der Waals surface area contributed by atoms with Gasteiger partial charge < -0.3 is 4.74 Å². The van der Waals surface area contributed by atoms with E-state index in [1.54, 1.807) is 0 Å². The van der Waals surface area contributed by atoms with E-state index in [0.29, 0.717) is 4.72 Å². The van der Waals surface area contributed by atoms with Crippen molar-refractivity contribution < 1.29 is 66.6 Å². The number of hydrogen-bond acceptors (Lipinski definition) is 5. The molecule has 1 N–H and O–H groups in total. The summed E-state index contributed by atoms with van der Waals surface area (Å²) in [7, 11) is -5.22. The normalized spacial score (nSPS) is 14.2. The van der Waals surface area contributed by atoms with Gasteiger partial charge in [-0.05, 0) is 0 Å². The molecule has 25 heavy (non-hydrogen) atoms. The largest absolute Gasteiger partial charge is 0.472 e. The highest BCUT2D eigenvalue weighted by Gasteiger charge is 2.77. The van der Waals surface area contributed by atoms with Gasteiger partial charge in [-0.1, -0.05) is 0 Å². The van der Waals surface area contributed by atoms with Crippen molar-refractivity contribution >= 4 is 21.9 Å². The van der Waals surface area contributed by atoms with Crippen molar-refractivity contribution in [1.82, 2.24) is 4.72 Å². The number of ether oxygens (including phenoxy) is 1. The lowest BCUT2D eigenvalue weighted by Crippen LogP contribution is -2.56. The van der Waals surface area contributed by atoms with Gasteiger partial charge in [0.1, 0.15) is 12.4 Å². The minimum Gasteiger partial charge on any atom is -0.460 e. The maximum absolute atomic E-state index is 12.8. The summed E-state index contributed by atoms with van der Waals surface area (Å²) in [6.07, 6.45) is -12.5. The van der Waals surface area contributed by atoms with Crippen molar-refractivity contribution in [2.24, 2.45) is 0 Å². The van der Waals surface area contributed by atoms with Gasteiger partial charge in [0.2, 0.25) is 10.0 Å². The molecule has 0 aromatic carbocycles. The number of esters is 1. The summed E-state index contributed by atoms with van der Waals surface area (Å²) in [6, 6.07) is 0. The van der Waals surface area contributed by atoms with Crippen molar-refractivity contribution in [1.29, 1.82) is 0 Å². The molecule has 0 aliphatic heterocycles. The molecule has 0 bridgehead atoms. The van der Waals surface area contributed by atoms with E-state index in [2.05, 4.69) is 4.74 Å². The Hall–Kier alpha value is -1.81. The second-order valence-corrected chi connectivity index (χ2v) is 5.87. The molecule has 6 nitrogen and oxygen atoms in total. The summed E-state index contributed by atoms with van der Waals surface area (Å²) in [6.45, 7) is -1.84. The Kier molecular flexibility index (Phi) is 6.34. The van der Waals surface area contributed by atoms with Gasteiger partial charge in [-0.2, -0.15) is 43.9 Å². The highest BCUT2D eigenvalue weighted by atomic mass is 32.2. The van der Waals surface area contributed by atoms with E-state index in [4.69, 9.17) is 0 Å². The number of nitrogens with one attached hydrogen (secondary N) is 1. The van der Waals surface area contributed by atoms with E-state index in [-0.39, 0.29) is 0 Å². The summed E-state index contributed by atoms with van der Waals surface area (Å²) in [5.41, 5.74) is 0. The highest BCUT2D eigenvalue weighted by molar-refractivity contribution is 7.90. The Labute approximate surface area is 131 Å². The van der Waals surface area contributed by atoms with Crippen LogP contribution in [0.15, 0.2) is 0 Å². The van der Waals surface area contributed by atoms with Gasteiger partial charge >= 0.3 is 36.1 Å². The lowest BCUT2D eigenvalue weighted by molar-refractivity contribution is -0.348. The van der Waals surface area contributed by atoms with Crippen molar-refractivity contribution in [2.45, 2.75) is 24.2 Å². The molecular formula is C8H5F10NO5S. The fourth-order valence-electron chi connectivity index (χ4n) is 0.891. The SMILES string of the molecule is O=C(NS(=O)(=O)CCOC(=O)C(F)(F)C(F)(F)C(F)(F)F)C(F)(F)F. The summed E-state index contributed by atoms with van der Waals surface area (Å²) in [4.78, 5) is 20.9. The average molecular weight is 417 g/mol. The third-order valence-electron chi connectivity index (χ3n) is 2.10. The van der Waals surface area contributed by atoms with Gasteiger partial charge in [-0.3, -0.25) is 4.79 Å². The summed E-state index contributed by atoms with van der Waals surface area (Å²) < 4.78 is 147. The van der Waals surface area contributed by atoms with Crippen LogP contribution < -0.4 is 4.72 Å². The summed E-state index contributed by atoms with van der Waals surface area (Å²) >= 11 is 0. The first kappa shape index (κ1) is 23.2. The van der Waals surface area contributed by atoms with Gasteiger partial charge in [0.05, 0.1) is 0 Å². The fraction of sp³-hybridized carbons (Fsp3) is 0.750. The van der Waals surface area contributed by atoms with Gasteiger partial charge in [0.15, 0.2) is 0 Å². The van der Waals surface area contributed by atoms with Gasteiger partial charge in [0.25, 0.3) is 0 Å². The number of amides is 1. The molecule has 17 heteroatoms. The van der Waals surface area contributed by atoms with Crippen LogP contribution in [-0.2, 0) is 24.3 Å². The summed E-state index contributed by atoms with van der Waals surface area (Å²) in [5.74, 6) is -21.6. The molecule has 0 spiro atoms. The fourth-order valence-corrected chi connectivity index (χ4v) is 1.69. The van der Waals surface area contributed by atoms with Gasteiger partial charge in [-0.25, -0.2) is 17.9 Å². The van der Waals surface area contributed by atoms with Crippen molar-refractivity contribution in [3.8, 4) is 0 Å². The monoisotopic (exact) mass is 417 g/mol. The number of halogens is 10. The van der Waals surface area contributed by atoms with Crippen LogP contribution in [-0.4, -0.2) is 56.9 Å². The molecule has 0 saturated carbocycles. The summed E-state index contributed by atoms with van der Waals surface area (Å²) in [5, 5.41) is 0. The Morgan fingerprint density at radius 1 is 0.880 bits per heavy atom. The Morgan fingerprint density at radius 3 is 1.68 bits per heavy atom. The molecule has 0 aliphatic rings. The highest BCUT2D eigenvalue weighted by Crippen LogP contribution is 2.46. The second-order valence-electron chi connectivity index (χ2n) is 4.03. The molecule has 0 aliphatic carbocycles. The van der Waals surface area contributed by atoms with E-state index in [0.717, 1.165) is 0 Å². The van der Waals surface area contributed by atoms with Crippen LogP contribution in [0.3, 0.4) is 0 Å². The zero-order valence-corrected chi connectivity index (χ0v) is 12.0. The molecule has 0 atom stereocenters. The smallest absolute Gasteiger partial charge is 0.460 e. The van der Waals surface area contributed by atoms with Crippen LogP contribution in [0.4, 0.5) is 43.9 Å². The first-order valence-corrected chi connectivity index (χ1v) is 7.02. The van der Waals surface area contributed by atoms with Crippen LogP contribution in [0.25, 0.3) is 0 Å². The van der Waals surface area contributed by atoms with E-state index in [9.17, 15) is 61.9 Å². The number of hydrogen-bond donors (Lipinski definition) is 1. The molecule has 148 valence electrons. The lowest BCUT2D eigenvalue weighted by atomic mass is 10.1. The van der Waals surface area contributed by atoms with Crippen molar-refractivity contribution in [2.75, 3.05) is 12.4 Å². The van der Waals surface area contributed by atoms with Crippen LogP contribution in [0.1, 0.15) is 0 Å². The van der Waals surface area contributed by atoms with Crippen LogP contribution in [0.5, 0.6) is 0 Å². The predicted molar refractivity (Wildman–Crippen MR) is 54.9 cm³/mol. The third-order valence-corrected chi connectivity index (χ3v) is 3.30. The zero-order chi connectivity index (χ0) is 20.5. The zero-order valence-electron chi connectivity index (χ0n) is 11.1. The van der Waals surface area contributed by atoms with E-state index >= 15 is 0 Å². The molecule has 0 unspecified atom stereocenters. The van der Waals surface area contributed by atoms with E-state index < -0.39 is 58.5 Å². The molecule has 0 heterocycles. The van der Waals surface area contributed by atoms with E-state index in [1.807, 2.05) is 0 Å². The Bertz CT molecular complexity index is 622. The molecule has 0 radical (unpaired) electrons. The molecule has 0 aromatic rings. The lowest BCUT2D eigenvalue weighted by Gasteiger charge is -2.26. The number of alkyl halides is 10. The van der Waals surface area contributed by atoms with Gasteiger partial charge in [-0.15, -0.1) is 0 Å². The van der Waals surface area contributed by atoms with Crippen LogP contribution in [0.2, 0.25) is 0 Å². The molecule has 0 fully saturated rings. The van der Waals surface area contributed by atoms with Gasteiger partial charge in [0, 0.05) is 0 Å². The first-order valence-electron chi connectivity index (χ1n) is 5.37. The maximum atomic E-state index is 12.8. The van der Waals surface area contributed by atoms with Crippen LogP contribution in [0, 0.1) is 0 Å². The maximum Gasteiger partial charge on any atom is 0.472 e. The Balaban J connectivity index is 4.90. The number of carbonyl (C=O) groups is 2. The number of rotatable bonds is 6. The van der Waals surface area contributed by atoms with E-state index in [1.165, 1.54) is 0 Å². The minimum atomic E-state index is -6.86. The predicted octanol–water partition coefficient (Wildman–Crippen LogP) is 1.37. The molecule has 0 saturated heterocycles. The average Bonchev–Trinajstić information content (AvgIpc) is 2.34. The molecule has 0 aromatic heterocycles. The minimum absolute atomic E-state index is 0.365. The topological polar surface area (TPSA) is 89.5 Å². The molecule has 0 rings (SSSR count). The van der Waals surface area contributed by atoms with Crippen molar-refractivity contribution in [3.05, 3.63) is 0 Å². The second kappa shape index (κ2) is 6.83. The number of carbonyl (C=O) groups excluding carboxylic acids is 2. The van der Waals surface area contributed by atoms with Crippen molar-refractivity contribution in [3.63, 3.8) is 0 Å². The quantitative estimate of drug-likeness (QED) is 0.521. The Morgan fingerprint density at radius 2 is 1.32 bits per heavy atom. The number of sulfonamides is 1. The first-order chi connectivity index (χ1) is 10.8. The third kappa shape index (κ3) is 5.60. The molecular weight excluding hydrogens is 412 g/mol. The van der Waals surface area contributed by atoms with Crippen LogP contribution >= 0.6 is 0 Å². The standard InChI is InChI=1S/C8H5F10NO5S/c9-5(10,7(14,15)8(16,17)18)4(21)24-1-2-25(22,23)19-3(20)6(11,12)13/h1-2H2,(H,19,20). The molecule has 1 amide bonds.